The molecule has 3 rings (SSSR count). The summed E-state index contributed by atoms with van der Waals surface area (Å²) in [7, 11) is 0. The fourth-order valence-electron chi connectivity index (χ4n) is 1.95. The molecular formula is C16H12ClN3OS. The quantitative estimate of drug-likeness (QED) is 0.786. The van der Waals surface area contributed by atoms with E-state index in [1.54, 1.807) is 36.7 Å². The van der Waals surface area contributed by atoms with E-state index in [2.05, 4.69) is 15.3 Å². The Hall–Kier alpha value is -2.24. The second-order valence-corrected chi connectivity index (χ2v) is 5.92. The van der Waals surface area contributed by atoms with Gasteiger partial charge in [-0.2, -0.15) is 0 Å². The van der Waals surface area contributed by atoms with Crippen LogP contribution < -0.4 is 5.32 Å². The average molecular weight is 330 g/mol. The normalized spacial score (nSPS) is 10.4. The molecule has 22 heavy (non-hydrogen) atoms. The van der Waals surface area contributed by atoms with Gasteiger partial charge in [-0.05, 0) is 30.3 Å². The van der Waals surface area contributed by atoms with E-state index in [4.69, 9.17) is 11.6 Å². The van der Waals surface area contributed by atoms with Crippen LogP contribution in [-0.2, 0) is 11.2 Å². The lowest BCUT2D eigenvalue weighted by Gasteiger charge is -2.04. The summed E-state index contributed by atoms with van der Waals surface area (Å²) in [5.74, 6) is -0.120. The summed E-state index contributed by atoms with van der Waals surface area (Å²) >= 11 is 7.39. The van der Waals surface area contributed by atoms with Crippen molar-refractivity contribution in [2.75, 3.05) is 5.32 Å². The highest BCUT2D eigenvalue weighted by Crippen LogP contribution is 2.23. The number of pyridine rings is 1. The SMILES string of the molecule is O=C(Cc1csc(-c2cccnc2)n1)Nc1cccc(Cl)c1. The third-order valence-corrected chi connectivity index (χ3v) is 4.09. The summed E-state index contributed by atoms with van der Waals surface area (Å²) in [5, 5.41) is 6.15. The van der Waals surface area contributed by atoms with E-state index in [0.29, 0.717) is 10.7 Å². The van der Waals surface area contributed by atoms with Crippen LogP contribution in [-0.4, -0.2) is 15.9 Å². The van der Waals surface area contributed by atoms with Crippen LogP contribution in [0.4, 0.5) is 5.69 Å². The van der Waals surface area contributed by atoms with E-state index in [0.717, 1.165) is 16.3 Å². The predicted octanol–water partition coefficient (Wildman–Crippen LogP) is 4.04. The van der Waals surface area contributed by atoms with E-state index in [-0.39, 0.29) is 12.3 Å². The summed E-state index contributed by atoms with van der Waals surface area (Å²) in [6.07, 6.45) is 3.70. The van der Waals surface area contributed by atoms with Crippen LogP contribution in [0.2, 0.25) is 5.02 Å². The molecule has 0 bridgehead atoms. The van der Waals surface area contributed by atoms with Crippen molar-refractivity contribution in [2.24, 2.45) is 0 Å². The molecule has 4 nitrogen and oxygen atoms in total. The number of nitrogens with zero attached hydrogens (tertiary/aromatic N) is 2. The van der Waals surface area contributed by atoms with Crippen LogP contribution in [0.15, 0.2) is 54.2 Å². The molecule has 0 aliphatic carbocycles. The lowest BCUT2D eigenvalue weighted by molar-refractivity contribution is -0.115. The predicted molar refractivity (Wildman–Crippen MR) is 89.1 cm³/mol. The Kier molecular flexibility index (Phi) is 4.46. The number of amides is 1. The van der Waals surface area contributed by atoms with Gasteiger partial charge in [-0.25, -0.2) is 4.98 Å². The second-order valence-electron chi connectivity index (χ2n) is 4.62. The molecule has 1 amide bonds. The topological polar surface area (TPSA) is 54.9 Å². The number of carbonyl (C=O) groups is 1. The first-order valence-corrected chi connectivity index (χ1v) is 7.87. The van der Waals surface area contributed by atoms with Gasteiger partial charge in [-0.15, -0.1) is 11.3 Å². The van der Waals surface area contributed by atoms with Crippen molar-refractivity contribution in [3.05, 3.63) is 64.9 Å². The Bertz CT molecular complexity index is 789. The summed E-state index contributed by atoms with van der Waals surface area (Å²) < 4.78 is 0. The van der Waals surface area contributed by atoms with Gasteiger partial charge in [0.25, 0.3) is 0 Å². The molecule has 110 valence electrons. The number of benzene rings is 1. The van der Waals surface area contributed by atoms with Crippen molar-refractivity contribution >= 4 is 34.5 Å². The molecule has 0 saturated carbocycles. The summed E-state index contributed by atoms with van der Waals surface area (Å²) in [6, 6.07) is 10.9. The molecule has 0 radical (unpaired) electrons. The second kappa shape index (κ2) is 6.68. The van der Waals surface area contributed by atoms with Gasteiger partial charge in [0.15, 0.2) is 0 Å². The van der Waals surface area contributed by atoms with E-state index < -0.39 is 0 Å². The van der Waals surface area contributed by atoms with Gasteiger partial charge in [0.2, 0.25) is 5.91 Å². The van der Waals surface area contributed by atoms with Crippen molar-refractivity contribution in [2.45, 2.75) is 6.42 Å². The van der Waals surface area contributed by atoms with Crippen LogP contribution in [0.1, 0.15) is 5.69 Å². The summed E-state index contributed by atoms with van der Waals surface area (Å²) in [4.78, 5) is 20.6. The molecular weight excluding hydrogens is 318 g/mol. The standard InChI is InChI=1S/C16H12ClN3OS/c17-12-4-1-5-13(7-12)19-15(21)8-14-10-22-16(20-14)11-3-2-6-18-9-11/h1-7,9-10H,8H2,(H,19,21). The monoisotopic (exact) mass is 329 g/mol. The molecule has 0 atom stereocenters. The van der Waals surface area contributed by atoms with Gasteiger partial charge < -0.3 is 5.32 Å². The van der Waals surface area contributed by atoms with Crippen LogP contribution in [0.3, 0.4) is 0 Å². The lowest BCUT2D eigenvalue weighted by atomic mass is 10.2. The van der Waals surface area contributed by atoms with E-state index in [1.165, 1.54) is 11.3 Å². The number of nitrogens with one attached hydrogen (secondary N) is 1. The fourth-order valence-corrected chi connectivity index (χ4v) is 2.95. The largest absolute Gasteiger partial charge is 0.326 e. The Labute approximate surface area is 136 Å². The van der Waals surface area contributed by atoms with E-state index in [1.807, 2.05) is 17.5 Å². The Morgan fingerprint density at radius 1 is 1.27 bits per heavy atom. The summed E-state index contributed by atoms with van der Waals surface area (Å²) in [5.41, 5.74) is 2.37. The number of anilines is 1. The highest BCUT2D eigenvalue weighted by atomic mass is 35.5. The first kappa shape index (κ1) is 14.7. The Morgan fingerprint density at radius 3 is 2.95 bits per heavy atom. The number of thiazole rings is 1. The molecule has 2 aromatic heterocycles. The van der Waals surface area contributed by atoms with Gasteiger partial charge in [-0.3, -0.25) is 9.78 Å². The zero-order chi connectivity index (χ0) is 15.4. The number of hydrogen-bond donors (Lipinski definition) is 1. The maximum atomic E-state index is 12.0. The molecule has 1 aromatic carbocycles. The molecule has 0 spiro atoms. The van der Waals surface area contributed by atoms with Crippen molar-refractivity contribution in [1.82, 2.24) is 9.97 Å². The molecule has 0 unspecified atom stereocenters. The Balaban J connectivity index is 1.66. The number of halogens is 1. The molecule has 0 fully saturated rings. The molecule has 0 aliphatic rings. The number of carbonyl (C=O) groups excluding carboxylic acids is 1. The van der Waals surface area contributed by atoms with Crippen molar-refractivity contribution < 1.29 is 4.79 Å². The minimum atomic E-state index is -0.120. The maximum absolute atomic E-state index is 12.0. The molecule has 2 heterocycles. The van der Waals surface area contributed by atoms with Crippen molar-refractivity contribution in [3.8, 4) is 10.6 Å². The average Bonchev–Trinajstić information content (AvgIpc) is 2.96. The number of rotatable bonds is 4. The number of hydrogen-bond acceptors (Lipinski definition) is 4. The van der Waals surface area contributed by atoms with Gasteiger partial charge in [0.1, 0.15) is 5.01 Å². The van der Waals surface area contributed by atoms with Crippen LogP contribution >= 0.6 is 22.9 Å². The zero-order valence-corrected chi connectivity index (χ0v) is 13.1. The van der Waals surface area contributed by atoms with Gasteiger partial charge in [0, 0.05) is 34.0 Å². The zero-order valence-electron chi connectivity index (χ0n) is 11.5. The smallest absolute Gasteiger partial charge is 0.230 e. The lowest BCUT2D eigenvalue weighted by Crippen LogP contribution is -2.14. The summed E-state index contributed by atoms with van der Waals surface area (Å²) in [6.45, 7) is 0. The molecule has 0 aliphatic heterocycles. The van der Waals surface area contributed by atoms with Crippen molar-refractivity contribution in [3.63, 3.8) is 0 Å². The Morgan fingerprint density at radius 2 is 2.18 bits per heavy atom. The third kappa shape index (κ3) is 3.69. The molecule has 0 saturated heterocycles. The van der Waals surface area contributed by atoms with Crippen LogP contribution in [0.25, 0.3) is 10.6 Å². The third-order valence-electron chi connectivity index (χ3n) is 2.91. The van der Waals surface area contributed by atoms with Crippen LogP contribution in [0.5, 0.6) is 0 Å². The van der Waals surface area contributed by atoms with E-state index in [9.17, 15) is 4.79 Å². The minimum Gasteiger partial charge on any atom is -0.326 e. The first-order valence-electron chi connectivity index (χ1n) is 6.61. The molecule has 3 aromatic rings. The number of aromatic nitrogens is 2. The fraction of sp³-hybridized carbons (Fsp3) is 0.0625. The molecule has 6 heteroatoms. The highest BCUT2D eigenvalue weighted by molar-refractivity contribution is 7.13. The first-order chi connectivity index (χ1) is 10.7. The van der Waals surface area contributed by atoms with Gasteiger partial charge >= 0.3 is 0 Å². The maximum Gasteiger partial charge on any atom is 0.230 e. The van der Waals surface area contributed by atoms with Gasteiger partial charge in [-0.1, -0.05) is 17.7 Å². The van der Waals surface area contributed by atoms with Gasteiger partial charge in [0.05, 0.1) is 12.1 Å². The highest BCUT2D eigenvalue weighted by Gasteiger charge is 2.09. The van der Waals surface area contributed by atoms with E-state index >= 15 is 0 Å². The van der Waals surface area contributed by atoms with Crippen LogP contribution in [0, 0.1) is 0 Å². The molecule has 1 N–H and O–H groups in total. The minimum absolute atomic E-state index is 0.120. The van der Waals surface area contributed by atoms with Crippen molar-refractivity contribution in [1.29, 1.82) is 0 Å².